The highest BCUT2D eigenvalue weighted by Gasteiger charge is 2.16. The summed E-state index contributed by atoms with van der Waals surface area (Å²) < 4.78 is 0. The summed E-state index contributed by atoms with van der Waals surface area (Å²) in [4.78, 5) is 15.7. The fourth-order valence-corrected chi connectivity index (χ4v) is 1.30. The Morgan fingerprint density at radius 1 is 1.50 bits per heavy atom. The van der Waals surface area contributed by atoms with Crippen LogP contribution in [0.4, 0.5) is 5.82 Å². The quantitative estimate of drug-likeness (QED) is 0.543. The molecule has 1 aromatic heterocycles. The average Bonchev–Trinajstić information content (AvgIpc) is 2.15. The molecule has 0 spiro atoms. The van der Waals surface area contributed by atoms with Crippen LogP contribution in [0.25, 0.3) is 0 Å². The van der Waals surface area contributed by atoms with Crippen molar-refractivity contribution in [1.29, 1.82) is 0 Å². The number of aromatic nitrogens is 1. The summed E-state index contributed by atoms with van der Waals surface area (Å²) in [6.07, 6.45) is 1.42. The van der Waals surface area contributed by atoms with Crippen LogP contribution >= 0.6 is 11.6 Å². The maximum absolute atomic E-state index is 11.8. The van der Waals surface area contributed by atoms with Crippen LogP contribution in [-0.4, -0.2) is 16.4 Å². The van der Waals surface area contributed by atoms with E-state index in [2.05, 4.69) is 15.7 Å². The number of nitrogens with zero attached hydrogens (tertiary/aromatic N) is 1. The Morgan fingerprint density at radius 3 is 2.56 bits per heavy atom. The van der Waals surface area contributed by atoms with Crippen molar-refractivity contribution in [3.05, 3.63) is 22.8 Å². The number of halogens is 1. The van der Waals surface area contributed by atoms with E-state index in [1.54, 1.807) is 0 Å². The van der Waals surface area contributed by atoms with Gasteiger partial charge in [-0.15, -0.1) is 0 Å². The summed E-state index contributed by atoms with van der Waals surface area (Å²) in [6.45, 7) is 5.70. The van der Waals surface area contributed by atoms with Crippen LogP contribution in [0.2, 0.25) is 5.02 Å². The van der Waals surface area contributed by atoms with E-state index in [-0.39, 0.29) is 11.4 Å². The molecular formula is C10H15ClN4O. The number of nitrogens with one attached hydrogen (secondary N) is 2. The molecule has 0 radical (unpaired) electrons. The van der Waals surface area contributed by atoms with Gasteiger partial charge in [-0.3, -0.25) is 4.79 Å². The molecule has 16 heavy (non-hydrogen) atoms. The van der Waals surface area contributed by atoms with Gasteiger partial charge < -0.3 is 10.7 Å². The van der Waals surface area contributed by atoms with E-state index in [9.17, 15) is 4.79 Å². The first-order valence-corrected chi connectivity index (χ1v) is 5.16. The average molecular weight is 243 g/mol. The summed E-state index contributed by atoms with van der Waals surface area (Å²) >= 11 is 5.86. The SMILES string of the molecule is CC(C)(C)NC(=O)c1cnc(NN)c(Cl)c1. The van der Waals surface area contributed by atoms with Crippen molar-refractivity contribution in [3.8, 4) is 0 Å². The number of pyridine rings is 1. The Labute approximate surface area is 99.4 Å². The van der Waals surface area contributed by atoms with Crippen LogP contribution in [0.1, 0.15) is 31.1 Å². The fourth-order valence-electron chi connectivity index (χ4n) is 1.08. The number of hydrazine groups is 1. The van der Waals surface area contributed by atoms with Gasteiger partial charge >= 0.3 is 0 Å². The smallest absolute Gasteiger partial charge is 0.253 e. The number of rotatable bonds is 2. The number of amides is 1. The molecule has 0 aromatic carbocycles. The predicted octanol–water partition coefficient (Wildman–Crippen LogP) is 1.55. The molecular weight excluding hydrogens is 228 g/mol. The summed E-state index contributed by atoms with van der Waals surface area (Å²) in [6, 6.07) is 1.52. The van der Waals surface area contributed by atoms with Gasteiger partial charge in [0.2, 0.25) is 0 Å². The molecule has 0 aliphatic rings. The zero-order valence-electron chi connectivity index (χ0n) is 9.47. The van der Waals surface area contributed by atoms with Crippen LogP contribution in [-0.2, 0) is 0 Å². The van der Waals surface area contributed by atoms with Gasteiger partial charge in [0, 0.05) is 11.7 Å². The Kier molecular flexibility index (Phi) is 3.72. The van der Waals surface area contributed by atoms with Gasteiger partial charge in [-0.1, -0.05) is 11.6 Å². The van der Waals surface area contributed by atoms with E-state index < -0.39 is 0 Å². The van der Waals surface area contributed by atoms with Crippen molar-refractivity contribution >= 4 is 23.3 Å². The first-order chi connectivity index (χ1) is 7.33. The number of carbonyl (C=O) groups is 1. The molecule has 88 valence electrons. The van der Waals surface area contributed by atoms with Crippen LogP contribution < -0.4 is 16.6 Å². The molecule has 6 heteroatoms. The molecule has 0 saturated carbocycles. The third kappa shape index (κ3) is 3.36. The van der Waals surface area contributed by atoms with E-state index >= 15 is 0 Å². The van der Waals surface area contributed by atoms with E-state index in [1.807, 2.05) is 20.8 Å². The molecule has 1 amide bonds. The summed E-state index contributed by atoms with van der Waals surface area (Å²) in [5, 5.41) is 3.12. The third-order valence-corrected chi connectivity index (χ3v) is 2.02. The molecule has 0 atom stereocenters. The number of hydrogen-bond donors (Lipinski definition) is 3. The zero-order valence-corrected chi connectivity index (χ0v) is 10.2. The second kappa shape index (κ2) is 4.67. The lowest BCUT2D eigenvalue weighted by Gasteiger charge is -2.20. The van der Waals surface area contributed by atoms with Crippen LogP contribution in [0.3, 0.4) is 0 Å². The highest BCUT2D eigenvalue weighted by atomic mass is 35.5. The molecule has 0 unspecified atom stereocenters. The van der Waals surface area contributed by atoms with Crippen molar-refractivity contribution in [1.82, 2.24) is 10.3 Å². The Bertz CT molecular complexity index is 400. The Morgan fingerprint density at radius 2 is 2.12 bits per heavy atom. The Hall–Kier alpha value is -1.33. The van der Waals surface area contributed by atoms with Crippen LogP contribution in [0, 0.1) is 0 Å². The third-order valence-electron chi connectivity index (χ3n) is 1.73. The second-order valence-corrected chi connectivity index (χ2v) is 4.81. The molecule has 0 aliphatic carbocycles. The predicted molar refractivity (Wildman–Crippen MR) is 64.3 cm³/mol. The van der Waals surface area contributed by atoms with E-state index in [1.165, 1.54) is 12.3 Å². The summed E-state index contributed by atoms with van der Waals surface area (Å²) in [5.41, 5.74) is 2.44. The van der Waals surface area contributed by atoms with Crippen molar-refractivity contribution in [2.75, 3.05) is 5.43 Å². The first-order valence-electron chi connectivity index (χ1n) is 4.78. The van der Waals surface area contributed by atoms with Crippen molar-refractivity contribution in [3.63, 3.8) is 0 Å². The van der Waals surface area contributed by atoms with Gasteiger partial charge in [-0.25, -0.2) is 10.8 Å². The van der Waals surface area contributed by atoms with E-state index in [4.69, 9.17) is 17.4 Å². The van der Waals surface area contributed by atoms with Gasteiger partial charge in [-0.2, -0.15) is 0 Å². The topological polar surface area (TPSA) is 80.0 Å². The minimum atomic E-state index is -0.297. The van der Waals surface area contributed by atoms with Gasteiger partial charge in [0.15, 0.2) is 5.82 Å². The monoisotopic (exact) mass is 242 g/mol. The summed E-state index contributed by atoms with van der Waals surface area (Å²) in [7, 11) is 0. The van der Waals surface area contributed by atoms with Gasteiger partial charge in [0.1, 0.15) is 0 Å². The molecule has 0 aliphatic heterocycles. The van der Waals surface area contributed by atoms with E-state index in [0.717, 1.165) is 0 Å². The Balaban J connectivity index is 2.89. The molecule has 1 heterocycles. The largest absolute Gasteiger partial charge is 0.347 e. The number of hydrogen-bond acceptors (Lipinski definition) is 4. The molecule has 4 N–H and O–H groups in total. The van der Waals surface area contributed by atoms with Crippen LogP contribution in [0.15, 0.2) is 12.3 Å². The van der Waals surface area contributed by atoms with Gasteiger partial charge in [-0.05, 0) is 26.8 Å². The highest BCUT2D eigenvalue weighted by molar-refractivity contribution is 6.33. The molecule has 5 nitrogen and oxygen atoms in total. The first kappa shape index (κ1) is 12.7. The molecule has 1 rings (SSSR count). The lowest BCUT2D eigenvalue weighted by molar-refractivity contribution is 0.0919. The lowest BCUT2D eigenvalue weighted by atomic mass is 10.1. The number of nitrogen functional groups attached to an aromatic ring is 1. The maximum Gasteiger partial charge on any atom is 0.253 e. The lowest BCUT2D eigenvalue weighted by Crippen LogP contribution is -2.40. The van der Waals surface area contributed by atoms with Gasteiger partial charge in [0.25, 0.3) is 5.91 Å². The van der Waals surface area contributed by atoms with Gasteiger partial charge in [0.05, 0.1) is 10.6 Å². The minimum absolute atomic E-state index is 0.217. The fraction of sp³-hybridized carbons (Fsp3) is 0.400. The van der Waals surface area contributed by atoms with E-state index in [0.29, 0.717) is 16.4 Å². The van der Waals surface area contributed by atoms with Crippen LogP contribution in [0.5, 0.6) is 0 Å². The molecule has 1 aromatic rings. The summed E-state index contributed by atoms with van der Waals surface area (Å²) in [5.74, 6) is 5.31. The van der Waals surface area contributed by atoms with Crippen molar-refractivity contribution in [2.45, 2.75) is 26.3 Å². The number of nitrogens with two attached hydrogens (primary N) is 1. The zero-order chi connectivity index (χ0) is 12.3. The molecule has 0 bridgehead atoms. The second-order valence-electron chi connectivity index (χ2n) is 4.40. The normalized spacial score (nSPS) is 11.1. The maximum atomic E-state index is 11.8. The highest BCUT2D eigenvalue weighted by Crippen LogP contribution is 2.19. The minimum Gasteiger partial charge on any atom is -0.347 e. The standard InChI is InChI=1S/C10H15ClN4O/c1-10(2,3)14-9(16)6-4-7(11)8(15-12)13-5-6/h4-5H,12H2,1-3H3,(H,13,15)(H,14,16). The molecule has 0 saturated heterocycles. The number of anilines is 1. The molecule has 0 fully saturated rings. The van der Waals surface area contributed by atoms with Crippen molar-refractivity contribution < 1.29 is 4.79 Å². The van der Waals surface area contributed by atoms with Crippen molar-refractivity contribution in [2.24, 2.45) is 5.84 Å². The number of carbonyl (C=O) groups excluding carboxylic acids is 1.